The minimum absolute atomic E-state index is 0.275. The van der Waals surface area contributed by atoms with Crippen molar-refractivity contribution in [3.8, 4) is 11.3 Å². The van der Waals surface area contributed by atoms with Gasteiger partial charge in [0.25, 0.3) is 0 Å². The van der Waals surface area contributed by atoms with E-state index in [1.54, 1.807) is 23.5 Å². The van der Waals surface area contributed by atoms with Gasteiger partial charge in [0.05, 0.1) is 16.4 Å². The third-order valence-corrected chi connectivity index (χ3v) is 5.00. The number of thiazole rings is 1. The van der Waals surface area contributed by atoms with E-state index in [1.807, 2.05) is 18.7 Å². The number of rotatable bonds is 3. The van der Waals surface area contributed by atoms with Gasteiger partial charge in [-0.05, 0) is 38.3 Å². The maximum atomic E-state index is 14.5. The zero-order valence-corrected chi connectivity index (χ0v) is 13.1. The third kappa shape index (κ3) is 2.55. The summed E-state index contributed by atoms with van der Waals surface area (Å²) in [7, 11) is 0. The number of halogens is 2. The van der Waals surface area contributed by atoms with Gasteiger partial charge in [-0.15, -0.1) is 11.3 Å². The molecule has 0 spiro atoms. The van der Waals surface area contributed by atoms with Gasteiger partial charge in [0.1, 0.15) is 0 Å². The van der Waals surface area contributed by atoms with E-state index in [0.29, 0.717) is 11.4 Å². The van der Waals surface area contributed by atoms with Crippen LogP contribution >= 0.6 is 11.3 Å². The highest BCUT2D eigenvalue weighted by molar-refractivity contribution is 7.12. The second-order valence-electron chi connectivity index (χ2n) is 5.31. The monoisotopic (exact) mass is 308 g/mol. The molecular weight excluding hydrogens is 290 g/mol. The number of anilines is 1. The predicted molar refractivity (Wildman–Crippen MR) is 83.0 cm³/mol. The summed E-state index contributed by atoms with van der Waals surface area (Å²) >= 11 is 1.54. The molecule has 0 bridgehead atoms. The van der Waals surface area contributed by atoms with E-state index >= 15 is 0 Å². The molecule has 112 valence electrons. The standard InChI is InChI=1S/C16H18F2N2S/c1-3-13-16(19-10(2)21-13)11-6-7-12(15(18)14(11)17)20-8-4-5-9-20/h6-7H,3-5,8-9H2,1-2H3. The average Bonchev–Trinajstić information content (AvgIpc) is 3.11. The van der Waals surface area contributed by atoms with Crippen molar-refractivity contribution in [3.63, 3.8) is 0 Å². The molecule has 0 unspecified atom stereocenters. The number of aromatic nitrogens is 1. The summed E-state index contributed by atoms with van der Waals surface area (Å²) in [5, 5.41) is 0.880. The van der Waals surface area contributed by atoms with E-state index in [1.165, 1.54) is 0 Å². The molecule has 1 aliphatic rings. The van der Waals surface area contributed by atoms with Crippen molar-refractivity contribution >= 4 is 17.0 Å². The first-order chi connectivity index (χ1) is 10.1. The lowest BCUT2D eigenvalue weighted by Gasteiger charge is -2.19. The van der Waals surface area contributed by atoms with Crippen molar-refractivity contribution in [1.82, 2.24) is 4.98 Å². The SMILES string of the molecule is CCc1sc(C)nc1-c1ccc(N2CCCC2)c(F)c1F. The molecule has 1 saturated heterocycles. The quantitative estimate of drug-likeness (QED) is 0.826. The van der Waals surface area contributed by atoms with E-state index in [4.69, 9.17) is 0 Å². The minimum atomic E-state index is -0.778. The van der Waals surface area contributed by atoms with Gasteiger partial charge in [-0.3, -0.25) is 0 Å². The molecule has 0 N–H and O–H groups in total. The van der Waals surface area contributed by atoms with E-state index < -0.39 is 11.6 Å². The average molecular weight is 308 g/mol. The molecule has 21 heavy (non-hydrogen) atoms. The molecule has 5 heteroatoms. The summed E-state index contributed by atoms with van der Waals surface area (Å²) in [6.07, 6.45) is 2.85. The summed E-state index contributed by atoms with van der Waals surface area (Å²) < 4.78 is 28.9. The number of nitrogens with zero attached hydrogens (tertiary/aromatic N) is 2. The van der Waals surface area contributed by atoms with Gasteiger partial charge in [0, 0.05) is 23.5 Å². The smallest absolute Gasteiger partial charge is 0.182 e. The fourth-order valence-corrected chi connectivity index (χ4v) is 3.73. The third-order valence-electron chi connectivity index (χ3n) is 3.89. The Kier molecular flexibility index (Phi) is 3.93. The Bertz CT molecular complexity index is 661. The molecule has 3 rings (SSSR count). The molecule has 0 amide bonds. The van der Waals surface area contributed by atoms with Gasteiger partial charge in [-0.1, -0.05) is 6.92 Å². The molecule has 0 saturated carbocycles. The van der Waals surface area contributed by atoms with Crippen molar-refractivity contribution < 1.29 is 8.78 Å². The maximum absolute atomic E-state index is 14.5. The normalized spacial score (nSPS) is 15.0. The van der Waals surface area contributed by atoms with E-state index in [-0.39, 0.29) is 5.56 Å². The Morgan fingerprint density at radius 3 is 2.57 bits per heavy atom. The lowest BCUT2D eigenvalue weighted by molar-refractivity contribution is 0.510. The number of aryl methyl sites for hydroxylation is 2. The molecular formula is C16H18F2N2S. The van der Waals surface area contributed by atoms with Gasteiger partial charge >= 0.3 is 0 Å². The van der Waals surface area contributed by atoms with Crippen molar-refractivity contribution in [3.05, 3.63) is 33.7 Å². The Hall–Kier alpha value is -1.49. The van der Waals surface area contributed by atoms with Crippen molar-refractivity contribution in [2.45, 2.75) is 33.1 Å². The Morgan fingerprint density at radius 1 is 1.19 bits per heavy atom. The molecule has 0 radical (unpaired) electrons. The van der Waals surface area contributed by atoms with Crippen LogP contribution in [-0.4, -0.2) is 18.1 Å². The summed E-state index contributed by atoms with van der Waals surface area (Å²) in [6.45, 7) is 5.49. The molecule has 1 fully saturated rings. The molecule has 2 aromatic rings. The van der Waals surface area contributed by atoms with Gasteiger partial charge in [0.2, 0.25) is 0 Å². The van der Waals surface area contributed by atoms with Gasteiger partial charge < -0.3 is 4.90 Å². The van der Waals surface area contributed by atoms with Crippen LogP contribution in [-0.2, 0) is 6.42 Å². The van der Waals surface area contributed by atoms with Crippen molar-refractivity contribution in [2.24, 2.45) is 0 Å². The zero-order chi connectivity index (χ0) is 15.0. The Balaban J connectivity index is 2.06. The first-order valence-electron chi connectivity index (χ1n) is 7.31. The van der Waals surface area contributed by atoms with Gasteiger partial charge in [-0.25, -0.2) is 13.8 Å². The lowest BCUT2D eigenvalue weighted by atomic mass is 10.1. The van der Waals surface area contributed by atoms with Crippen molar-refractivity contribution in [1.29, 1.82) is 0 Å². The van der Waals surface area contributed by atoms with E-state index in [2.05, 4.69) is 4.98 Å². The fraction of sp³-hybridized carbons (Fsp3) is 0.438. The number of hydrogen-bond acceptors (Lipinski definition) is 3. The Labute approximate surface area is 127 Å². The van der Waals surface area contributed by atoms with Gasteiger partial charge in [0.15, 0.2) is 11.6 Å². The number of hydrogen-bond donors (Lipinski definition) is 0. The molecule has 1 aromatic heterocycles. The second-order valence-corrected chi connectivity index (χ2v) is 6.60. The summed E-state index contributed by atoms with van der Waals surface area (Å²) in [4.78, 5) is 7.29. The van der Waals surface area contributed by atoms with Crippen LogP contribution < -0.4 is 4.90 Å². The predicted octanol–water partition coefficient (Wildman–Crippen LogP) is 4.56. The maximum Gasteiger partial charge on any atom is 0.182 e. The summed E-state index contributed by atoms with van der Waals surface area (Å²) in [5.74, 6) is -1.53. The fourth-order valence-electron chi connectivity index (χ4n) is 2.84. The van der Waals surface area contributed by atoms with Crippen LogP contribution in [0.1, 0.15) is 29.7 Å². The van der Waals surface area contributed by atoms with Crippen LogP contribution in [0.4, 0.5) is 14.5 Å². The topological polar surface area (TPSA) is 16.1 Å². The van der Waals surface area contributed by atoms with Crippen LogP contribution in [0.15, 0.2) is 12.1 Å². The van der Waals surface area contributed by atoms with Crippen LogP contribution in [0.2, 0.25) is 0 Å². The van der Waals surface area contributed by atoms with Gasteiger partial charge in [-0.2, -0.15) is 0 Å². The van der Waals surface area contributed by atoms with Crippen LogP contribution in [0, 0.1) is 18.6 Å². The molecule has 2 nitrogen and oxygen atoms in total. The van der Waals surface area contributed by atoms with E-state index in [9.17, 15) is 8.78 Å². The largest absolute Gasteiger partial charge is 0.369 e. The zero-order valence-electron chi connectivity index (χ0n) is 12.2. The molecule has 2 heterocycles. The summed E-state index contributed by atoms with van der Waals surface area (Å²) in [5.41, 5.74) is 1.24. The lowest BCUT2D eigenvalue weighted by Crippen LogP contribution is -2.19. The first kappa shape index (κ1) is 14.4. The Morgan fingerprint density at radius 2 is 1.90 bits per heavy atom. The van der Waals surface area contributed by atoms with E-state index in [0.717, 1.165) is 42.2 Å². The number of benzene rings is 1. The highest BCUT2D eigenvalue weighted by atomic mass is 32.1. The molecule has 1 aliphatic heterocycles. The highest BCUT2D eigenvalue weighted by Crippen LogP contribution is 2.35. The first-order valence-corrected chi connectivity index (χ1v) is 8.13. The second kappa shape index (κ2) is 5.72. The van der Waals surface area contributed by atoms with Crippen LogP contribution in [0.3, 0.4) is 0 Å². The molecule has 0 aliphatic carbocycles. The highest BCUT2D eigenvalue weighted by Gasteiger charge is 2.23. The summed E-state index contributed by atoms with van der Waals surface area (Å²) in [6, 6.07) is 3.35. The van der Waals surface area contributed by atoms with Crippen molar-refractivity contribution in [2.75, 3.05) is 18.0 Å². The molecule has 0 atom stereocenters. The minimum Gasteiger partial charge on any atom is -0.369 e. The molecule has 1 aromatic carbocycles. The van der Waals surface area contributed by atoms with Crippen LogP contribution in [0.5, 0.6) is 0 Å². The van der Waals surface area contributed by atoms with Crippen LogP contribution in [0.25, 0.3) is 11.3 Å².